The van der Waals surface area contributed by atoms with Gasteiger partial charge < -0.3 is 10.5 Å². The number of thiazole rings is 1. The summed E-state index contributed by atoms with van der Waals surface area (Å²) in [5, 5.41) is 0.832. The van der Waals surface area contributed by atoms with Crippen LogP contribution in [0.2, 0.25) is 0 Å². The third kappa shape index (κ3) is 4.43. The molecular formula is C22H25N3O4S2. The summed E-state index contributed by atoms with van der Waals surface area (Å²) in [4.78, 5) is 23.0. The molecule has 1 fully saturated rings. The third-order valence-electron chi connectivity index (χ3n) is 5.98. The van der Waals surface area contributed by atoms with Crippen LogP contribution in [0.5, 0.6) is 5.88 Å². The van der Waals surface area contributed by atoms with Gasteiger partial charge in [0, 0.05) is 18.2 Å². The molecule has 2 heterocycles. The molecular weight excluding hydrogens is 434 g/mol. The van der Waals surface area contributed by atoms with E-state index in [9.17, 15) is 13.2 Å². The minimum Gasteiger partial charge on any atom is -0.481 e. The third-order valence-corrected chi connectivity index (χ3v) is 8.18. The van der Waals surface area contributed by atoms with Gasteiger partial charge in [-0.15, -0.1) is 0 Å². The minimum atomic E-state index is -3.32. The van der Waals surface area contributed by atoms with Crippen LogP contribution in [0, 0.1) is 5.92 Å². The number of carbonyl (C=O) groups excluding carboxylic acids is 1. The summed E-state index contributed by atoms with van der Waals surface area (Å²) in [6.07, 6.45) is 5.38. The first-order chi connectivity index (χ1) is 14.8. The van der Waals surface area contributed by atoms with E-state index in [2.05, 4.69) is 4.98 Å². The molecule has 0 saturated heterocycles. The quantitative estimate of drug-likeness (QED) is 0.577. The molecule has 1 aliphatic carbocycles. The van der Waals surface area contributed by atoms with Crippen LogP contribution in [-0.4, -0.2) is 37.7 Å². The van der Waals surface area contributed by atoms with Gasteiger partial charge in [-0.1, -0.05) is 36.3 Å². The second-order valence-electron chi connectivity index (χ2n) is 8.02. The standard InChI is InChI=1S/C22H25N3O4S2/c1-29-17-12-11-16-21(25-17)30-22(24-16)19(13-5-3-4-6-13)18(20(23)26)14-7-9-15(10-8-14)31(2,27)28/h7-13,18-19H,3-6H2,1-2H3,(H2,23,26). The molecule has 0 radical (unpaired) electrons. The number of sulfone groups is 1. The van der Waals surface area contributed by atoms with Crippen molar-refractivity contribution < 1.29 is 17.9 Å². The number of hydrogen-bond donors (Lipinski definition) is 1. The lowest BCUT2D eigenvalue weighted by Gasteiger charge is -2.28. The molecule has 1 saturated carbocycles. The van der Waals surface area contributed by atoms with Crippen molar-refractivity contribution in [2.75, 3.05) is 13.4 Å². The van der Waals surface area contributed by atoms with Gasteiger partial charge in [0.25, 0.3) is 0 Å². The van der Waals surface area contributed by atoms with Crippen molar-refractivity contribution in [2.45, 2.75) is 42.4 Å². The smallest absolute Gasteiger partial charge is 0.225 e. The lowest BCUT2D eigenvalue weighted by molar-refractivity contribution is -0.120. The molecule has 1 aromatic carbocycles. The van der Waals surface area contributed by atoms with E-state index < -0.39 is 21.7 Å². The van der Waals surface area contributed by atoms with E-state index in [0.717, 1.165) is 47.3 Å². The predicted octanol–water partition coefficient (Wildman–Crippen LogP) is 3.65. The average Bonchev–Trinajstić information content (AvgIpc) is 3.40. The second-order valence-corrected chi connectivity index (χ2v) is 11.0. The van der Waals surface area contributed by atoms with Gasteiger partial charge in [0.1, 0.15) is 10.3 Å². The molecule has 9 heteroatoms. The number of methoxy groups -OCH3 is 1. The summed E-state index contributed by atoms with van der Waals surface area (Å²) < 4.78 is 28.9. The maximum atomic E-state index is 12.7. The number of pyridine rings is 1. The summed E-state index contributed by atoms with van der Waals surface area (Å²) in [5.74, 6) is -0.431. The number of nitrogens with two attached hydrogens (primary N) is 1. The second kappa shape index (κ2) is 8.55. The van der Waals surface area contributed by atoms with Crippen molar-refractivity contribution in [1.29, 1.82) is 0 Å². The molecule has 1 amide bonds. The number of fused-ring (bicyclic) bond motifs is 1. The molecule has 0 aliphatic heterocycles. The molecule has 0 spiro atoms. The maximum absolute atomic E-state index is 12.7. The highest BCUT2D eigenvalue weighted by molar-refractivity contribution is 7.90. The molecule has 7 nitrogen and oxygen atoms in total. The van der Waals surface area contributed by atoms with Crippen molar-refractivity contribution in [3.8, 4) is 5.88 Å². The van der Waals surface area contributed by atoms with Gasteiger partial charge in [0.05, 0.1) is 22.9 Å². The molecule has 1 aliphatic rings. The topological polar surface area (TPSA) is 112 Å². The SMILES string of the molecule is COc1ccc2nc(C(C3CCCC3)C(C(N)=O)c3ccc(S(C)(=O)=O)cc3)sc2n1. The van der Waals surface area contributed by atoms with Crippen LogP contribution < -0.4 is 10.5 Å². The van der Waals surface area contributed by atoms with Gasteiger partial charge in [0.2, 0.25) is 11.8 Å². The van der Waals surface area contributed by atoms with E-state index in [1.54, 1.807) is 25.3 Å². The van der Waals surface area contributed by atoms with Crippen LogP contribution in [0.1, 0.15) is 48.1 Å². The molecule has 3 aromatic rings. The highest BCUT2D eigenvalue weighted by Crippen LogP contribution is 2.47. The van der Waals surface area contributed by atoms with Crippen LogP contribution in [0.15, 0.2) is 41.3 Å². The maximum Gasteiger partial charge on any atom is 0.225 e. The fraction of sp³-hybridized carbons (Fsp3) is 0.409. The number of carbonyl (C=O) groups is 1. The highest BCUT2D eigenvalue weighted by atomic mass is 32.2. The van der Waals surface area contributed by atoms with Gasteiger partial charge in [-0.25, -0.2) is 18.4 Å². The summed E-state index contributed by atoms with van der Waals surface area (Å²) in [6.45, 7) is 0. The summed E-state index contributed by atoms with van der Waals surface area (Å²) in [6, 6.07) is 10.1. The molecule has 2 aromatic heterocycles. The molecule has 2 N–H and O–H groups in total. The van der Waals surface area contributed by atoms with Gasteiger partial charge >= 0.3 is 0 Å². The van der Waals surface area contributed by atoms with E-state index in [4.69, 9.17) is 15.5 Å². The number of benzene rings is 1. The van der Waals surface area contributed by atoms with Gasteiger partial charge in [-0.3, -0.25) is 4.79 Å². The Morgan fingerprint density at radius 1 is 1.13 bits per heavy atom. The summed E-state index contributed by atoms with van der Waals surface area (Å²) in [7, 11) is -1.75. The average molecular weight is 460 g/mol. The van der Waals surface area contributed by atoms with Crippen LogP contribution in [0.25, 0.3) is 10.3 Å². The number of rotatable bonds is 7. The molecule has 2 atom stereocenters. The van der Waals surface area contributed by atoms with Crippen LogP contribution in [-0.2, 0) is 14.6 Å². The monoisotopic (exact) mass is 459 g/mol. The first-order valence-corrected chi connectivity index (χ1v) is 12.9. The van der Waals surface area contributed by atoms with E-state index in [0.29, 0.717) is 11.4 Å². The highest BCUT2D eigenvalue weighted by Gasteiger charge is 2.39. The normalized spacial score (nSPS) is 17.0. The number of hydrogen-bond acceptors (Lipinski definition) is 7. The Labute approximate surface area is 185 Å². The number of ether oxygens (including phenoxy) is 1. The fourth-order valence-electron chi connectivity index (χ4n) is 4.48. The zero-order chi connectivity index (χ0) is 22.2. The van der Waals surface area contributed by atoms with Crippen molar-refractivity contribution in [3.63, 3.8) is 0 Å². The number of nitrogens with zero attached hydrogens (tertiary/aromatic N) is 2. The van der Waals surface area contributed by atoms with Crippen molar-refractivity contribution >= 4 is 37.4 Å². The fourth-order valence-corrected chi connectivity index (χ4v) is 6.27. The van der Waals surface area contributed by atoms with E-state index >= 15 is 0 Å². The zero-order valence-electron chi connectivity index (χ0n) is 17.4. The van der Waals surface area contributed by atoms with Gasteiger partial charge in [-0.05, 0) is 42.5 Å². The Balaban J connectivity index is 1.80. The predicted molar refractivity (Wildman–Crippen MR) is 120 cm³/mol. The molecule has 31 heavy (non-hydrogen) atoms. The number of amides is 1. The minimum absolute atomic E-state index is 0.186. The number of aromatic nitrogens is 2. The Kier molecular flexibility index (Phi) is 5.98. The zero-order valence-corrected chi connectivity index (χ0v) is 19.1. The van der Waals surface area contributed by atoms with Gasteiger partial charge in [0.15, 0.2) is 9.84 Å². The van der Waals surface area contributed by atoms with Crippen LogP contribution in [0.4, 0.5) is 0 Å². The lowest BCUT2D eigenvalue weighted by atomic mass is 9.77. The Hall–Kier alpha value is -2.52. The van der Waals surface area contributed by atoms with Crippen LogP contribution >= 0.6 is 11.3 Å². The van der Waals surface area contributed by atoms with Crippen molar-refractivity contribution in [1.82, 2.24) is 9.97 Å². The lowest BCUT2D eigenvalue weighted by Crippen LogP contribution is -2.30. The van der Waals surface area contributed by atoms with E-state index in [1.807, 2.05) is 6.07 Å². The summed E-state index contributed by atoms with van der Waals surface area (Å²) in [5.41, 5.74) is 7.40. The van der Waals surface area contributed by atoms with Crippen molar-refractivity contribution in [2.24, 2.45) is 11.7 Å². The molecule has 2 unspecified atom stereocenters. The van der Waals surface area contributed by atoms with E-state index in [1.165, 1.54) is 23.5 Å². The van der Waals surface area contributed by atoms with E-state index in [-0.39, 0.29) is 16.7 Å². The molecule has 4 rings (SSSR count). The Bertz CT molecular complexity index is 1200. The van der Waals surface area contributed by atoms with Gasteiger partial charge in [-0.2, -0.15) is 0 Å². The summed E-state index contributed by atoms with van der Waals surface area (Å²) >= 11 is 1.46. The van der Waals surface area contributed by atoms with Crippen molar-refractivity contribution in [3.05, 3.63) is 47.0 Å². The Morgan fingerprint density at radius 3 is 2.39 bits per heavy atom. The number of primary amides is 1. The largest absolute Gasteiger partial charge is 0.481 e. The van der Waals surface area contributed by atoms with Crippen LogP contribution in [0.3, 0.4) is 0 Å². The molecule has 0 bridgehead atoms. The Morgan fingerprint density at radius 2 is 1.81 bits per heavy atom. The first-order valence-electron chi connectivity index (χ1n) is 10.2. The molecule has 164 valence electrons. The first kappa shape index (κ1) is 21.7.